The lowest BCUT2D eigenvalue weighted by Crippen LogP contribution is -2.13. The van der Waals surface area contributed by atoms with Gasteiger partial charge in [0.05, 0.1) is 16.6 Å². The molecule has 4 heteroatoms. The van der Waals surface area contributed by atoms with Crippen molar-refractivity contribution in [1.82, 2.24) is 9.97 Å². The molecule has 1 aromatic heterocycles. The lowest BCUT2D eigenvalue weighted by molar-refractivity contribution is -0.112. The molecule has 0 spiro atoms. The Hall–Kier alpha value is -2.88. The summed E-state index contributed by atoms with van der Waals surface area (Å²) >= 11 is 0. The van der Waals surface area contributed by atoms with Crippen molar-refractivity contribution in [2.45, 2.75) is 0 Å². The summed E-state index contributed by atoms with van der Waals surface area (Å²) in [6.45, 7) is 0. The summed E-state index contributed by atoms with van der Waals surface area (Å²) in [6.07, 6.45) is 1.74. The van der Waals surface area contributed by atoms with Gasteiger partial charge in [0, 0.05) is 0 Å². The SMILES string of the molecule is NC(=O)C(=Cc1ccccc1)c1nc2ccccc2[nH]1. The molecule has 1 heterocycles. The molecule has 98 valence electrons. The maximum Gasteiger partial charge on any atom is 0.252 e. The minimum atomic E-state index is -0.507. The van der Waals surface area contributed by atoms with Crippen molar-refractivity contribution in [3.63, 3.8) is 0 Å². The van der Waals surface area contributed by atoms with E-state index < -0.39 is 5.91 Å². The molecule has 0 aliphatic rings. The number of amides is 1. The smallest absolute Gasteiger partial charge is 0.252 e. The zero-order valence-corrected chi connectivity index (χ0v) is 10.7. The number of primary amides is 1. The monoisotopic (exact) mass is 263 g/mol. The van der Waals surface area contributed by atoms with Gasteiger partial charge in [0.2, 0.25) is 0 Å². The number of hydrogen-bond acceptors (Lipinski definition) is 2. The largest absolute Gasteiger partial charge is 0.365 e. The molecule has 3 aromatic rings. The first-order valence-corrected chi connectivity index (χ1v) is 6.26. The van der Waals surface area contributed by atoms with Gasteiger partial charge in [-0.25, -0.2) is 4.98 Å². The first-order chi connectivity index (χ1) is 9.74. The van der Waals surface area contributed by atoms with Crippen molar-refractivity contribution in [3.8, 4) is 0 Å². The first kappa shape index (κ1) is 12.2. The second-order valence-corrected chi connectivity index (χ2v) is 4.44. The minimum absolute atomic E-state index is 0.368. The van der Waals surface area contributed by atoms with Gasteiger partial charge in [-0.15, -0.1) is 0 Å². The zero-order valence-electron chi connectivity index (χ0n) is 10.7. The summed E-state index contributed by atoms with van der Waals surface area (Å²) in [5, 5.41) is 0. The van der Waals surface area contributed by atoms with Crippen LogP contribution in [-0.2, 0) is 4.79 Å². The van der Waals surface area contributed by atoms with Crippen LogP contribution in [0.1, 0.15) is 11.4 Å². The molecule has 0 aliphatic heterocycles. The van der Waals surface area contributed by atoms with Gasteiger partial charge in [-0.3, -0.25) is 4.79 Å². The molecular weight excluding hydrogens is 250 g/mol. The summed E-state index contributed by atoms with van der Waals surface area (Å²) in [5.74, 6) is -0.0181. The van der Waals surface area contributed by atoms with Crippen LogP contribution in [0.4, 0.5) is 0 Å². The molecule has 0 saturated heterocycles. The Labute approximate surface area is 116 Å². The maximum absolute atomic E-state index is 11.7. The highest BCUT2D eigenvalue weighted by molar-refractivity contribution is 6.22. The van der Waals surface area contributed by atoms with E-state index in [0.29, 0.717) is 11.4 Å². The Morgan fingerprint density at radius 2 is 1.75 bits per heavy atom. The van der Waals surface area contributed by atoms with Gasteiger partial charge in [-0.1, -0.05) is 42.5 Å². The van der Waals surface area contributed by atoms with E-state index in [2.05, 4.69) is 9.97 Å². The lowest BCUT2D eigenvalue weighted by atomic mass is 10.1. The lowest BCUT2D eigenvalue weighted by Gasteiger charge is -1.99. The van der Waals surface area contributed by atoms with E-state index in [1.54, 1.807) is 6.08 Å². The number of nitrogens with zero attached hydrogens (tertiary/aromatic N) is 1. The number of fused-ring (bicyclic) bond motifs is 1. The van der Waals surface area contributed by atoms with Crippen molar-refractivity contribution in [2.24, 2.45) is 5.73 Å². The Bertz CT molecular complexity index is 755. The molecule has 4 nitrogen and oxygen atoms in total. The van der Waals surface area contributed by atoms with E-state index in [1.165, 1.54) is 0 Å². The van der Waals surface area contributed by atoms with Crippen molar-refractivity contribution in [2.75, 3.05) is 0 Å². The van der Waals surface area contributed by atoms with E-state index in [4.69, 9.17) is 5.73 Å². The van der Waals surface area contributed by atoms with Gasteiger partial charge < -0.3 is 10.7 Å². The molecule has 0 atom stereocenters. The van der Waals surface area contributed by atoms with Crippen LogP contribution in [0.3, 0.4) is 0 Å². The molecule has 0 radical (unpaired) electrons. The molecule has 3 rings (SSSR count). The number of benzene rings is 2. The van der Waals surface area contributed by atoms with Crippen LogP contribution in [-0.4, -0.2) is 15.9 Å². The molecule has 0 unspecified atom stereocenters. The number of imidazole rings is 1. The van der Waals surface area contributed by atoms with Crippen LogP contribution in [0.2, 0.25) is 0 Å². The number of aromatic nitrogens is 2. The molecule has 0 saturated carbocycles. The molecule has 0 bridgehead atoms. The number of nitrogens with one attached hydrogen (secondary N) is 1. The average Bonchev–Trinajstić information content (AvgIpc) is 2.89. The van der Waals surface area contributed by atoms with Gasteiger partial charge in [0.25, 0.3) is 5.91 Å². The summed E-state index contributed by atoms with van der Waals surface area (Å²) in [7, 11) is 0. The van der Waals surface area contributed by atoms with Crippen molar-refractivity contribution in [1.29, 1.82) is 0 Å². The normalized spacial score (nSPS) is 11.7. The number of rotatable bonds is 3. The molecule has 3 N–H and O–H groups in total. The van der Waals surface area contributed by atoms with Gasteiger partial charge in [0.1, 0.15) is 5.82 Å². The topological polar surface area (TPSA) is 71.8 Å². The molecule has 20 heavy (non-hydrogen) atoms. The number of carbonyl (C=O) groups is 1. The number of aromatic amines is 1. The number of H-pyrrole nitrogens is 1. The number of hydrogen-bond donors (Lipinski definition) is 2. The van der Waals surface area contributed by atoms with E-state index in [1.807, 2.05) is 54.6 Å². The minimum Gasteiger partial charge on any atom is -0.365 e. The van der Waals surface area contributed by atoms with Gasteiger partial charge in [0.15, 0.2) is 0 Å². The molecule has 2 aromatic carbocycles. The summed E-state index contributed by atoms with van der Waals surface area (Å²) in [4.78, 5) is 19.2. The van der Waals surface area contributed by atoms with E-state index >= 15 is 0 Å². The number of para-hydroxylation sites is 2. The maximum atomic E-state index is 11.7. The van der Waals surface area contributed by atoms with E-state index in [9.17, 15) is 4.79 Å². The van der Waals surface area contributed by atoms with Crippen molar-refractivity contribution < 1.29 is 4.79 Å². The van der Waals surface area contributed by atoms with E-state index in [0.717, 1.165) is 16.6 Å². The quantitative estimate of drug-likeness (QED) is 0.713. The predicted octanol–water partition coefficient (Wildman–Crippen LogP) is 2.59. The Morgan fingerprint density at radius 3 is 2.45 bits per heavy atom. The summed E-state index contributed by atoms with van der Waals surface area (Å²) < 4.78 is 0. The second kappa shape index (κ2) is 5.01. The van der Waals surface area contributed by atoms with Crippen LogP contribution in [0.25, 0.3) is 22.7 Å². The Balaban J connectivity index is 2.11. The third-order valence-corrected chi connectivity index (χ3v) is 3.02. The molecule has 0 fully saturated rings. The molecular formula is C16H13N3O. The highest BCUT2D eigenvalue weighted by Gasteiger charge is 2.13. The van der Waals surface area contributed by atoms with Gasteiger partial charge in [-0.05, 0) is 23.8 Å². The highest BCUT2D eigenvalue weighted by atomic mass is 16.1. The first-order valence-electron chi connectivity index (χ1n) is 6.26. The van der Waals surface area contributed by atoms with Crippen LogP contribution in [0.15, 0.2) is 54.6 Å². The fraction of sp³-hybridized carbons (Fsp3) is 0. The fourth-order valence-corrected chi connectivity index (χ4v) is 2.05. The predicted molar refractivity (Wildman–Crippen MR) is 79.6 cm³/mol. The standard InChI is InChI=1S/C16H13N3O/c17-15(20)12(10-11-6-2-1-3-7-11)16-18-13-8-4-5-9-14(13)19-16/h1-10H,(H2,17,20)(H,18,19). The van der Waals surface area contributed by atoms with Gasteiger partial charge in [-0.2, -0.15) is 0 Å². The van der Waals surface area contributed by atoms with Crippen molar-refractivity contribution in [3.05, 3.63) is 66.0 Å². The summed E-state index contributed by atoms with van der Waals surface area (Å²) in [5.41, 5.74) is 8.43. The zero-order chi connectivity index (χ0) is 13.9. The van der Waals surface area contributed by atoms with Gasteiger partial charge >= 0.3 is 0 Å². The van der Waals surface area contributed by atoms with Crippen LogP contribution in [0.5, 0.6) is 0 Å². The van der Waals surface area contributed by atoms with Crippen LogP contribution in [0, 0.1) is 0 Å². The van der Waals surface area contributed by atoms with Crippen molar-refractivity contribution >= 4 is 28.6 Å². The van der Waals surface area contributed by atoms with Crippen LogP contribution >= 0.6 is 0 Å². The average molecular weight is 263 g/mol. The number of nitrogens with two attached hydrogens (primary N) is 1. The van der Waals surface area contributed by atoms with Crippen LogP contribution < -0.4 is 5.73 Å². The van der Waals surface area contributed by atoms with E-state index in [-0.39, 0.29) is 0 Å². The number of carbonyl (C=O) groups excluding carboxylic acids is 1. The third-order valence-electron chi connectivity index (χ3n) is 3.02. The molecule has 1 amide bonds. The Morgan fingerprint density at radius 1 is 1.05 bits per heavy atom. The Kier molecular flexibility index (Phi) is 3.05. The second-order valence-electron chi connectivity index (χ2n) is 4.44. The fourth-order valence-electron chi connectivity index (χ4n) is 2.05. The molecule has 0 aliphatic carbocycles. The summed E-state index contributed by atoms with van der Waals surface area (Å²) in [6, 6.07) is 17.2. The third kappa shape index (κ3) is 2.31. The highest BCUT2D eigenvalue weighted by Crippen LogP contribution is 2.19.